The van der Waals surface area contributed by atoms with Gasteiger partial charge in [-0.2, -0.15) is 0 Å². The van der Waals surface area contributed by atoms with E-state index in [1.54, 1.807) is 47.4 Å². The zero-order valence-electron chi connectivity index (χ0n) is 15.6. The Balaban J connectivity index is 1.37. The van der Waals surface area contributed by atoms with Crippen molar-refractivity contribution >= 4 is 58.2 Å². The van der Waals surface area contributed by atoms with Crippen LogP contribution in [0, 0.1) is 0 Å². The van der Waals surface area contributed by atoms with Gasteiger partial charge in [0.1, 0.15) is 0 Å². The summed E-state index contributed by atoms with van der Waals surface area (Å²) < 4.78 is 5.58. The molecule has 2 amide bonds. The van der Waals surface area contributed by atoms with Crippen LogP contribution in [0.3, 0.4) is 0 Å². The molecule has 4 rings (SSSR count). The fourth-order valence-corrected chi connectivity index (χ4v) is 3.84. The van der Waals surface area contributed by atoms with Crippen molar-refractivity contribution in [3.05, 3.63) is 52.5 Å². The van der Waals surface area contributed by atoms with Crippen molar-refractivity contribution in [2.24, 2.45) is 0 Å². The number of amides is 2. The molecule has 30 heavy (non-hydrogen) atoms. The Hall–Kier alpha value is -2.55. The van der Waals surface area contributed by atoms with E-state index < -0.39 is 0 Å². The van der Waals surface area contributed by atoms with Crippen LogP contribution in [0.4, 0.5) is 11.4 Å². The third kappa shape index (κ3) is 4.77. The van der Waals surface area contributed by atoms with Gasteiger partial charge in [0.15, 0.2) is 0 Å². The Kier molecular flexibility index (Phi) is 6.26. The zero-order chi connectivity index (χ0) is 21.1. The molecule has 1 fully saturated rings. The van der Waals surface area contributed by atoms with Crippen LogP contribution in [0.2, 0.25) is 10.0 Å². The summed E-state index contributed by atoms with van der Waals surface area (Å²) in [6.07, 6.45) is 1.35. The van der Waals surface area contributed by atoms with Crippen molar-refractivity contribution in [3.63, 3.8) is 0 Å². The molecular weight excluding hydrogens is 447 g/mol. The number of hydrogen-bond donors (Lipinski definition) is 1. The quantitative estimate of drug-likeness (QED) is 0.523. The van der Waals surface area contributed by atoms with Crippen molar-refractivity contribution < 1.29 is 14.0 Å². The van der Waals surface area contributed by atoms with Gasteiger partial charge in [-0.15, -0.1) is 10.2 Å². The second kappa shape index (κ2) is 9.07. The number of anilines is 2. The van der Waals surface area contributed by atoms with Gasteiger partial charge in [-0.3, -0.25) is 9.59 Å². The summed E-state index contributed by atoms with van der Waals surface area (Å²) in [5, 5.41) is 12.0. The number of carbonyl (C=O) groups excluding carboxylic acids is 2. The maximum absolute atomic E-state index is 12.4. The van der Waals surface area contributed by atoms with Crippen molar-refractivity contribution in [1.82, 2.24) is 10.2 Å². The molecule has 0 unspecified atom stereocenters. The van der Waals surface area contributed by atoms with E-state index in [-0.39, 0.29) is 22.8 Å². The minimum Gasteiger partial charge on any atom is -0.411 e. The van der Waals surface area contributed by atoms with Crippen LogP contribution in [0.5, 0.6) is 0 Å². The summed E-state index contributed by atoms with van der Waals surface area (Å²) in [6.45, 7) is 0.664. The Labute approximate surface area is 186 Å². The van der Waals surface area contributed by atoms with Crippen molar-refractivity contribution in [1.29, 1.82) is 0 Å². The molecule has 10 heteroatoms. The second-order valence-electron chi connectivity index (χ2n) is 6.53. The highest BCUT2D eigenvalue weighted by atomic mass is 35.5. The fraction of sp³-hybridized carbons (Fsp3) is 0.200. The molecule has 7 nitrogen and oxygen atoms in total. The van der Waals surface area contributed by atoms with E-state index in [2.05, 4.69) is 15.5 Å². The van der Waals surface area contributed by atoms with Gasteiger partial charge >= 0.3 is 0 Å². The number of benzene rings is 2. The number of carbonyl (C=O) groups is 2. The lowest BCUT2D eigenvalue weighted by Crippen LogP contribution is -2.24. The van der Waals surface area contributed by atoms with Crippen LogP contribution in [-0.4, -0.2) is 34.3 Å². The number of thioether (sulfide) groups is 1. The highest BCUT2D eigenvalue weighted by molar-refractivity contribution is 7.99. The summed E-state index contributed by atoms with van der Waals surface area (Å²) in [4.78, 5) is 26.0. The summed E-state index contributed by atoms with van der Waals surface area (Å²) in [5.41, 5.74) is 1.91. The van der Waals surface area contributed by atoms with Crippen LogP contribution in [-0.2, 0) is 9.59 Å². The maximum Gasteiger partial charge on any atom is 0.277 e. The average Bonchev–Trinajstić information content (AvgIpc) is 3.38. The van der Waals surface area contributed by atoms with E-state index in [9.17, 15) is 9.59 Å². The minimum atomic E-state index is -0.280. The molecule has 154 valence electrons. The number of nitrogens with one attached hydrogen (secondary N) is 1. The first-order chi connectivity index (χ1) is 14.5. The van der Waals surface area contributed by atoms with Gasteiger partial charge in [-0.1, -0.05) is 35.0 Å². The van der Waals surface area contributed by atoms with Gasteiger partial charge in [-0.05, 0) is 48.9 Å². The van der Waals surface area contributed by atoms with Crippen molar-refractivity contribution in [2.75, 3.05) is 22.5 Å². The fourth-order valence-electron chi connectivity index (χ4n) is 2.99. The molecule has 0 atom stereocenters. The predicted octanol–water partition coefficient (Wildman–Crippen LogP) is 4.90. The molecule has 3 aromatic rings. The summed E-state index contributed by atoms with van der Waals surface area (Å²) in [5.74, 6) is 0.197. The molecule has 2 aromatic carbocycles. The van der Waals surface area contributed by atoms with Gasteiger partial charge in [0.05, 0.1) is 16.5 Å². The average molecular weight is 463 g/mol. The van der Waals surface area contributed by atoms with Crippen LogP contribution < -0.4 is 10.2 Å². The molecule has 1 saturated heterocycles. The number of rotatable bonds is 6. The third-order valence-electron chi connectivity index (χ3n) is 4.43. The molecule has 1 aliphatic rings. The lowest BCUT2D eigenvalue weighted by Gasteiger charge is -2.17. The van der Waals surface area contributed by atoms with E-state index in [4.69, 9.17) is 27.6 Å². The molecule has 2 heterocycles. The summed E-state index contributed by atoms with van der Waals surface area (Å²) in [6, 6.07) is 12.2. The molecule has 1 N–H and O–H groups in total. The smallest absolute Gasteiger partial charge is 0.277 e. The second-order valence-corrected chi connectivity index (χ2v) is 8.30. The van der Waals surface area contributed by atoms with Crippen molar-refractivity contribution in [2.45, 2.75) is 18.1 Å². The largest absolute Gasteiger partial charge is 0.411 e. The van der Waals surface area contributed by atoms with Crippen molar-refractivity contribution in [3.8, 4) is 11.5 Å². The van der Waals surface area contributed by atoms with Crippen LogP contribution in [0.15, 0.2) is 52.1 Å². The number of aromatic nitrogens is 2. The molecular formula is C20H16Cl2N4O3S. The minimum absolute atomic E-state index is 0.0610. The SMILES string of the molecule is O=C(CSc1nnc(-c2ccc(Cl)cc2)o1)Nc1cc(N2CCCC2=O)ccc1Cl. The highest BCUT2D eigenvalue weighted by Crippen LogP contribution is 2.30. The van der Waals surface area contributed by atoms with Crippen LogP contribution >= 0.6 is 35.0 Å². The van der Waals surface area contributed by atoms with Crippen LogP contribution in [0.25, 0.3) is 11.5 Å². The Morgan fingerprint density at radius 3 is 2.70 bits per heavy atom. The molecule has 1 aliphatic heterocycles. The van der Waals surface area contributed by atoms with Gasteiger partial charge < -0.3 is 14.6 Å². The van der Waals surface area contributed by atoms with Gasteiger partial charge in [-0.25, -0.2) is 0 Å². The normalized spacial score (nSPS) is 13.7. The van der Waals surface area contributed by atoms with E-state index in [1.165, 1.54) is 0 Å². The van der Waals surface area contributed by atoms with Crippen LogP contribution in [0.1, 0.15) is 12.8 Å². The molecule has 0 radical (unpaired) electrons. The lowest BCUT2D eigenvalue weighted by atomic mass is 10.2. The van der Waals surface area contributed by atoms with E-state index in [1.807, 2.05) is 0 Å². The Morgan fingerprint density at radius 2 is 1.97 bits per heavy atom. The molecule has 1 aromatic heterocycles. The topological polar surface area (TPSA) is 88.3 Å². The summed E-state index contributed by atoms with van der Waals surface area (Å²) >= 11 is 13.2. The Bertz CT molecular complexity index is 1090. The van der Waals surface area contributed by atoms with E-state index >= 15 is 0 Å². The van der Waals surface area contributed by atoms with Gasteiger partial charge in [0.25, 0.3) is 5.22 Å². The molecule has 0 saturated carbocycles. The van der Waals surface area contributed by atoms with Gasteiger partial charge in [0.2, 0.25) is 17.7 Å². The third-order valence-corrected chi connectivity index (χ3v) is 5.83. The number of hydrogen-bond acceptors (Lipinski definition) is 6. The first kappa shape index (κ1) is 20.7. The standard InChI is InChI=1S/C20H16Cl2N4O3S/c21-13-5-3-12(4-6-13)19-24-25-20(29-19)30-11-17(27)23-16-10-14(7-8-15(16)22)26-9-1-2-18(26)28/h3-8,10H,1-2,9,11H2,(H,23,27). The molecule has 0 bridgehead atoms. The number of halogens is 2. The zero-order valence-corrected chi connectivity index (χ0v) is 17.9. The first-order valence-electron chi connectivity index (χ1n) is 9.11. The molecule has 0 aliphatic carbocycles. The number of nitrogens with zero attached hydrogens (tertiary/aromatic N) is 3. The first-order valence-corrected chi connectivity index (χ1v) is 10.9. The lowest BCUT2D eigenvalue weighted by molar-refractivity contribution is -0.117. The van der Waals surface area contributed by atoms with Gasteiger partial charge in [0, 0.05) is 29.2 Å². The monoisotopic (exact) mass is 462 g/mol. The molecule has 0 spiro atoms. The van der Waals surface area contributed by atoms with E-state index in [0.717, 1.165) is 29.4 Å². The predicted molar refractivity (Wildman–Crippen MR) is 117 cm³/mol. The van der Waals surface area contributed by atoms with E-state index in [0.29, 0.717) is 34.6 Å². The summed E-state index contributed by atoms with van der Waals surface area (Å²) in [7, 11) is 0. The highest BCUT2D eigenvalue weighted by Gasteiger charge is 2.22. The maximum atomic E-state index is 12.4. The Morgan fingerprint density at radius 1 is 1.17 bits per heavy atom.